The third kappa shape index (κ3) is 5.50. The monoisotopic (exact) mass is 426 g/mol. The van der Waals surface area contributed by atoms with Crippen molar-refractivity contribution in [3.05, 3.63) is 119 Å². The van der Waals surface area contributed by atoms with Crippen LogP contribution in [0.25, 0.3) is 0 Å². The summed E-state index contributed by atoms with van der Waals surface area (Å²) in [5.41, 5.74) is 5.22. The normalized spacial score (nSPS) is 10.6. The summed E-state index contributed by atoms with van der Waals surface area (Å²) in [7, 11) is 3.40. The van der Waals surface area contributed by atoms with Crippen LogP contribution in [0.1, 0.15) is 22.3 Å². The molecule has 0 saturated carbocycles. The average Bonchev–Trinajstić information content (AvgIpc) is 2.82. The molecule has 0 heterocycles. The molecule has 3 heteroatoms. The summed E-state index contributed by atoms with van der Waals surface area (Å²) < 4.78 is 10.6. The molecule has 4 aromatic rings. The third-order valence-corrected chi connectivity index (χ3v) is 6.51. The molecule has 0 N–H and O–H groups in total. The highest BCUT2D eigenvalue weighted by Gasteiger charge is 2.09. The van der Waals surface area contributed by atoms with E-state index in [1.165, 1.54) is 32.0 Å². The topological polar surface area (TPSA) is 18.5 Å². The minimum atomic E-state index is 0.888. The lowest BCUT2D eigenvalue weighted by Crippen LogP contribution is -1.94. The van der Waals surface area contributed by atoms with Gasteiger partial charge in [-0.2, -0.15) is 0 Å². The Morgan fingerprint density at radius 3 is 1.29 bits per heavy atom. The molecular weight excluding hydrogens is 400 g/mol. The van der Waals surface area contributed by atoms with Crippen LogP contribution in [0.15, 0.2) is 107 Å². The van der Waals surface area contributed by atoms with E-state index in [2.05, 4.69) is 72.8 Å². The smallest absolute Gasteiger partial charge is 0.118 e. The fourth-order valence-electron chi connectivity index (χ4n) is 3.54. The van der Waals surface area contributed by atoms with E-state index in [1.807, 2.05) is 36.0 Å². The summed E-state index contributed by atoms with van der Waals surface area (Å²) in [6.07, 6.45) is 1.79. The standard InChI is InChI=1S/C28H26O2S/c1-29-25-15-11-21(12-16-25)19-23-7-3-5-9-27(23)31-28-10-6-4-8-24(28)20-22-13-17-26(30-2)18-14-22/h3-18H,19-20H2,1-2H3. The van der Waals surface area contributed by atoms with Crippen LogP contribution >= 0.6 is 11.8 Å². The van der Waals surface area contributed by atoms with Crippen molar-refractivity contribution in [2.45, 2.75) is 22.6 Å². The van der Waals surface area contributed by atoms with Gasteiger partial charge in [0.05, 0.1) is 14.2 Å². The highest BCUT2D eigenvalue weighted by molar-refractivity contribution is 7.99. The van der Waals surface area contributed by atoms with Gasteiger partial charge in [-0.15, -0.1) is 0 Å². The van der Waals surface area contributed by atoms with Gasteiger partial charge in [-0.3, -0.25) is 0 Å². The van der Waals surface area contributed by atoms with Crippen molar-refractivity contribution >= 4 is 11.8 Å². The molecule has 0 aliphatic heterocycles. The first kappa shape index (κ1) is 21.1. The van der Waals surface area contributed by atoms with Crippen molar-refractivity contribution in [2.24, 2.45) is 0 Å². The van der Waals surface area contributed by atoms with E-state index in [0.717, 1.165) is 24.3 Å². The van der Waals surface area contributed by atoms with E-state index in [1.54, 1.807) is 14.2 Å². The zero-order valence-corrected chi connectivity index (χ0v) is 18.7. The van der Waals surface area contributed by atoms with Gasteiger partial charge in [-0.25, -0.2) is 0 Å². The second-order valence-electron chi connectivity index (χ2n) is 7.37. The van der Waals surface area contributed by atoms with Crippen LogP contribution in [0.5, 0.6) is 11.5 Å². The van der Waals surface area contributed by atoms with Gasteiger partial charge in [-0.1, -0.05) is 72.4 Å². The van der Waals surface area contributed by atoms with E-state index >= 15 is 0 Å². The molecule has 156 valence electrons. The predicted octanol–water partition coefficient (Wildman–Crippen LogP) is 7.04. The molecular formula is C28H26O2S. The SMILES string of the molecule is COc1ccc(Cc2ccccc2Sc2ccccc2Cc2ccc(OC)cc2)cc1. The van der Waals surface area contributed by atoms with Crippen LogP contribution in [-0.2, 0) is 12.8 Å². The van der Waals surface area contributed by atoms with Gasteiger partial charge >= 0.3 is 0 Å². The third-order valence-electron chi connectivity index (χ3n) is 5.27. The van der Waals surface area contributed by atoms with E-state index in [0.29, 0.717) is 0 Å². The molecule has 0 fully saturated rings. The molecule has 31 heavy (non-hydrogen) atoms. The van der Waals surface area contributed by atoms with E-state index < -0.39 is 0 Å². The Kier molecular flexibility index (Phi) is 6.96. The Morgan fingerprint density at radius 2 is 0.903 bits per heavy atom. The number of benzene rings is 4. The Labute approximate surface area is 188 Å². The van der Waals surface area contributed by atoms with Crippen LogP contribution in [0.4, 0.5) is 0 Å². The largest absolute Gasteiger partial charge is 0.497 e. The van der Waals surface area contributed by atoms with Gasteiger partial charge in [0.25, 0.3) is 0 Å². The molecule has 0 saturated heterocycles. The maximum absolute atomic E-state index is 5.29. The van der Waals surface area contributed by atoms with Crippen molar-refractivity contribution in [3.63, 3.8) is 0 Å². The summed E-state index contributed by atoms with van der Waals surface area (Å²) in [4.78, 5) is 2.58. The van der Waals surface area contributed by atoms with E-state index in [9.17, 15) is 0 Å². The summed E-state index contributed by atoms with van der Waals surface area (Å²) in [6.45, 7) is 0. The number of methoxy groups -OCH3 is 2. The molecule has 2 nitrogen and oxygen atoms in total. The van der Waals surface area contributed by atoms with Crippen molar-refractivity contribution < 1.29 is 9.47 Å². The summed E-state index contributed by atoms with van der Waals surface area (Å²) in [5.74, 6) is 1.78. The first-order valence-corrected chi connectivity index (χ1v) is 11.2. The van der Waals surface area contributed by atoms with Gasteiger partial charge in [0.2, 0.25) is 0 Å². The summed E-state index contributed by atoms with van der Waals surface area (Å²) in [6, 6.07) is 34.0. The minimum absolute atomic E-state index is 0.888. The van der Waals surface area contributed by atoms with Gasteiger partial charge in [0.15, 0.2) is 0 Å². The van der Waals surface area contributed by atoms with E-state index in [4.69, 9.17) is 9.47 Å². The quantitative estimate of drug-likeness (QED) is 0.301. The van der Waals surface area contributed by atoms with Crippen LogP contribution in [0.2, 0.25) is 0 Å². The van der Waals surface area contributed by atoms with Crippen molar-refractivity contribution in [1.82, 2.24) is 0 Å². The highest BCUT2D eigenvalue weighted by Crippen LogP contribution is 2.35. The highest BCUT2D eigenvalue weighted by atomic mass is 32.2. The lowest BCUT2D eigenvalue weighted by atomic mass is 10.0. The maximum Gasteiger partial charge on any atom is 0.118 e. The molecule has 0 radical (unpaired) electrons. The van der Waals surface area contributed by atoms with Gasteiger partial charge < -0.3 is 9.47 Å². The fourth-order valence-corrected chi connectivity index (χ4v) is 4.62. The first-order chi connectivity index (χ1) is 15.2. The molecule has 0 unspecified atom stereocenters. The lowest BCUT2D eigenvalue weighted by Gasteiger charge is -2.13. The van der Waals surface area contributed by atoms with Crippen LogP contribution in [-0.4, -0.2) is 14.2 Å². The number of hydrogen-bond donors (Lipinski definition) is 0. The molecule has 0 atom stereocenters. The Balaban J connectivity index is 1.55. The van der Waals surface area contributed by atoms with Crippen LogP contribution in [0, 0.1) is 0 Å². The molecule has 4 rings (SSSR count). The van der Waals surface area contributed by atoms with Crippen LogP contribution < -0.4 is 9.47 Å². The predicted molar refractivity (Wildman–Crippen MR) is 129 cm³/mol. The lowest BCUT2D eigenvalue weighted by molar-refractivity contribution is 0.414. The molecule has 0 aromatic heterocycles. The average molecular weight is 427 g/mol. The number of rotatable bonds is 8. The Bertz CT molecular complexity index is 1030. The molecule has 0 aliphatic carbocycles. The fraction of sp³-hybridized carbons (Fsp3) is 0.143. The van der Waals surface area contributed by atoms with Gasteiger partial charge in [0.1, 0.15) is 11.5 Å². The van der Waals surface area contributed by atoms with Crippen molar-refractivity contribution in [3.8, 4) is 11.5 Å². The number of ether oxygens (including phenoxy) is 2. The van der Waals surface area contributed by atoms with Gasteiger partial charge in [0, 0.05) is 9.79 Å². The van der Waals surface area contributed by atoms with Crippen molar-refractivity contribution in [1.29, 1.82) is 0 Å². The minimum Gasteiger partial charge on any atom is -0.497 e. The second kappa shape index (κ2) is 10.2. The summed E-state index contributed by atoms with van der Waals surface area (Å²) >= 11 is 1.85. The van der Waals surface area contributed by atoms with Gasteiger partial charge in [-0.05, 0) is 71.5 Å². The van der Waals surface area contributed by atoms with Crippen molar-refractivity contribution in [2.75, 3.05) is 14.2 Å². The zero-order chi connectivity index (χ0) is 21.5. The number of hydrogen-bond acceptors (Lipinski definition) is 3. The maximum atomic E-state index is 5.29. The second-order valence-corrected chi connectivity index (χ2v) is 8.45. The molecule has 0 aliphatic rings. The molecule has 0 amide bonds. The zero-order valence-electron chi connectivity index (χ0n) is 17.9. The molecule has 4 aromatic carbocycles. The van der Waals surface area contributed by atoms with Crippen LogP contribution in [0.3, 0.4) is 0 Å². The first-order valence-electron chi connectivity index (χ1n) is 10.3. The Morgan fingerprint density at radius 1 is 0.516 bits per heavy atom. The summed E-state index contributed by atoms with van der Waals surface area (Å²) in [5, 5.41) is 0. The Hall–Kier alpha value is -3.17. The van der Waals surface area contributed by atoms with E-state index in [-0.39, 0.29) is 0 Å². The molecule has 0 bridgehead atoms. The molecule has 0 spiro atoms.